The number of rotatable bonds is 6. The number of carbonyl (C=O) groups excluding carboxylic acids is 1. The van der Waals surface area contributed by atoms with Crippen molar-refractivity contribution in [1.82, 2.24) is 5.32 Å². The predicted molar refractivity (Wildman–Crippen MR) is 117 cm³/mol. The van der Waals surface area contributed by atoms with Gasteiger partial charge >= 0.3 is 0 Å². The Labute approximate surface area is 177 Å². The van der Waals surface area contributed by atoms with E-state index in [1.807, 2.05) is 26.0 Å². The van der Waals surface area contributed by atoms with Gasteiger partial charge in [-0.1, -0.05) is 40.9 Å². The van der Waals surface area contributed by atoms with Gasteiger partial charge in [0.15, 0.2) is 0 Å². The number of anilines is 1. The molecule has 0 spiro atoms. The van der Waals surface area contributed by atoms with Crippen molar-refractivity contribution in [2.75, 3.05) is 11.3 Å². The topological polar surface area (TPSA) is 75.3 Å². The normalized spacial score (nSPS) is 14.2. The fraction of sp³-hybridized carbons (Fsp3) is 0.318. The van der Waals surface area contributed by atoms with Crippen LogP contribution in [-0.2, 0) is 10.0 Å². The highest BCUT2D eigenvalue weighted by atomic mass is 35.5. The van der Waals surface area contributed by atoms with Gasteiger partial charge in [-0.05, 0) is 69.4 Å². The Morgan fingerprint density at radius 2 is 1.90 bits per heavy atom. The van der Waals surface area contributed by atoms with Crippen LogP contribution in [0.1, 0.15) is 47.2 Å². The first-order valence-corrected chi connectivity index (χ1v) is 11.5. The molecule has 5 nitrogen and oxygen atoms in total. The Hall–Kier alpha value is -2.31. The summed E-state index contributed by atoms with van der Waals surface area (Å²) in [5.41, 5.74) is 3.79. The number of halogens is 1. The van der Waals surface area contributed by atoms with Gasteiger partial charge < -0.3 is 5.32 Å². The molecule has 2 aromatic carbocycles. The van der Waals surface area contributed by atoms with E-state index in [4.69, 9.17) is 11.6 Å². The minimum Gasteiger partial charge on any atom is -0.348 e. The van der Waals surface area contributed by atoms with Gasteiger partial charge in [-0.15, -0.1) is 0 Å². The third kappa shape index (κ3) is 5.40. The molecular weight excluding hydrogens is 408 g/mol. The zero-order valence-electron chi connectivity index (χ0n) is 16.6. The number of benzene rings is 2. The molecule has 0 aliphatic heterocycles. The monoisotopic (exact) mass is 432 g/mol. The smallest absolute Gasteiger partial charge is 0.263 e. The van der Waals surface area contributed by atoms with Crippen LogP contribution in [0.15, 0.2) is 52.9 Å². The van der Waals surface area contributed by atoms with E-state index in [-0.39, 0.29) is 21.4 Å². The van der Waals surface area contributed by atoms with Crippen LogP contribution in [0.25, 0.3) is 0 Å². The average molecular weight is 433 g/mol. The number of hydrogen-bond donors (Lipinski definition) is 2. The summed E-state index contributed by atoms with van der Waals surface area (Å²) >= 11 is 6.16. The second-order valence-corrected chi connectivity index (χ2v) is 9.42. The maximum Gasteiger partial charge on any atom is 0.263 e. The molecule has 0 atom stereocenters. The molecule has 0 heterocycles. The minimum absolute atomic E-state index is 0.0637. The molecule has 1 amide bonds. The van der Waals surface area contributed by atoms with Crippen LogP contribution < -0.4 is 10.0 Å². The highest BCUT2D eigenvalue weighted by Crippen LogP contribution is 2.27. The number of hydrogen-bond acceptors (Lipinski definition) is 3. The largest absolute Gasteiger partial charge is 0.348 e. The Bertz CT molecular complexity index is 1060. The van der Waals surface area contributed by atoms with Gasteiger partial charge in [0.25, 0.3) is 15.9 Å². The second kappa shape index (κ2) is 9.01. The zero-order chi connectivity index (χ0) is 21.0. The first-order valence-electron chi connectivity index (χ1n) is 9.62. The maximum atomic E-state index is 12.9. The van der Waals surface area contributed by atoms with Crippen molar-refractivity contribution in [2.45, 2.75) is 44.4 Å². The molecule has 2 aromatic rings. The molecule has 0 saturated carbocycles. The van der Waals surface area contributed by atoms with Crippen LogP contribution in [0.2, 0.25) is 5.02 Å². The molecule has 1 aliphatic rings. The third-order valence-corrected chi connectivity index (χ3v) is 6.82. The summed E-state index contributed by atoms with van der Waals surface area (Å²) in [6.07, 6.45) is 6.51. The first-order chi connectivity index (χ1) is 13.8. The molecule has 7 heteroatoms. The van der Waals surface area contributed by atoms with Gasteiger partial charge in [0.1, 0.15) is 4.90 Å². The predicted octanol–water partition coefficient (Wildman–Crippen LogP) is 4.99. The number of nitrogens with one attached hydrogen (secondary N) is 2. The first kappa shape index (κ1) is 21.4. The van der Waals surface area contributed by atoms with E-state index in [9.17, 15) is 13.2 Å². The Kier molecular flexibility index (Phi) is 6.65. The van der Waals surface area contributed by atoms with Gasteiger partial charge in [-0.3, -0.25) is 9.52 Å². The summed E-state index contributed by atoms with van der Waals surface area (Å²) in [6.45, 7) is 4.24. The van der Waals surface area contributed by atoms with Crippen molar-refractivity contribution in [1.29, 1.82) is 0 Å². The van der Waals surface area contributed by atoms with Crippen molar-refractivity contribution in [3.05, 3.63) is 69.8 Å². The molecule has 0 unspecified atom stereocenters. The average Bonchev–Trinajstić information content (AvgIpc) is 2.69. The molecule has 29 heavy (non-hydrogen) atoms. The summed E-state index contributed by atoms with van der Waals surface area (Å²) in [4.78, 5) is 12.4. The summed E-state index contributed by atoms with van der Waals surface area (Å²) in [7, 11) is -3.94. The Morgan fingerprint density at radius 1 is 1.10 bits per heavy atom. The lowest BCUT2D eigenvalue weighted by Crippen LogP contribution is -2.26. The van der Waals surface area contributed by atoms with Crippen LogP contribution >= 0.6 is 11.6 Å². The zero-order valence-corrected chi connectivity index (χ0v) is 18.2. The van der Waals surface area contributed by atoms with E-state index in [2.05, 4.69) is 16.1 Å². The second-order valence-electron chi connectivity index (χ2n) is 7.36. The van der Waals surface area contributed by atoms with E-state index in [0.717, 1.165) is 30.4 Å². The number of allylic oxidation sites excluding steroid dienone is 1. The lowest BCUT2D eigenvalue weighted by molar-refractivity contribution is 0.0956. The molecule has 0 radical (unpaired) electrons. The highest BCUT2D eigenvalue weighted by molar-refractivity contribution is 7.92. The molecule has 0 fully saturated rings. The summed E-state index contributed by atoms with van der Waals surface area (Å²) in [5, 5.41) is 2.93. The van der Waals surface area contributed by atoms with E-state index in [0.29, 0.717) is 12.2 Å². The molecule has 0 saturated heterocycles. The van der Waals surface area contributed by atoms with Crippen molar-refractivity contribution >= 4 is 33.2 Å². The van der Waals surface area contributed by atoms with Gasteiger partial charge in [-0.25, -0.2) is 8.42 Å². The van der Waals surface area contributed by atoms with Gasteiger partial charge in [-0.2, -0.15) is 0 Å². The van der Waals surface area contributed by atoms with Crippen molar-refractivity contribution < 1.29 is 13.2 Å². The van der Waals surface area contributed by atoms with E-state index in [1.165, 1.54) is 30.2 Å². The minimum atomic E-state index is -3.94. The highest BCUT2D eigenvalue weighted by Gasteiger charge is 2.21. The number of sulfonamides is 1. The van der Waals surface area contributed by atoms with Crippen molar-refractivity contribution in [3.63, 3.8) is 0 Å². The fourth-order valence-corrected chi connectivity index (χ4v) is 5.00. The lowest BCUT2D eigenvalue weighted by Gasteiger charge is -2.15. The summed E-state index contributed by atoms with van der Waals surface area (Å²) < 4.78 is 28.4. The molecule has 1 aliphatic carbocycles. The van der Waals surface area contributed by atoms with Gasteiger partial charge in [0.05, 0.1) is 10.7 Å². The molecular formula is C22H25ClN2O3S. The van der Waals surface area contributed by atoms with E-state index in [1.54, 1.807) is 6.07 Å². The van der Waals surface area contributed by atoms with E-state index >= 15 is 0 Å². The van der Waals surface area contributed by atoms with Crippen molar-refractivity contribution in [2.24, 2.45) is 0 Å². The SMILES string of the molecule is Cc1ccc(NS(=O)(=O)c2cc(C(=O)NCC3=CCCCC3)ccc2Cl)c(C)c1. The number of aryl methyl sites for hydroxylation is 2. The molecule has 3 rings (SSSR count). The molecule has 2 N–H and O–H groups in total. The van der Waals surface area contributed by atoms with Crippen LogP contribution in [0, 0.1) is 13.8 Å². The standard InChI is InChI=1S/C22H25ClN2O3S/c1-15-8-11-20(16(2)12-15)25-29(27,28)21-13-18(9-10-19(21)23)22(26)24-14-17-6-4-3-5-7-17/h6,8-13,25H,3-5,7,14H2,1-2H3,(H,24,26). The molecule has 0 bridgehead atoms. The number of amides is 1. The lowest BCUT2D eigenvalue weighted by atomic mass is 9.99. The van der Waals surface area contributed by atoms with Gasteiger partial charge in [0.2, 0.25) is 0 Å². The quantitative estimate of drug-likeness (QED) is 0.631. The van der Waals surface area contributed by atoms with Crippen LogP contribution in [0.4, 0.5) is 5.69 Å². The van der Waals surface area contributed by atoms with Crippen LogP contribution in [0.3, 0.4) is 0 Å². The summed E-state index contributed by atoms with van der Waals surface area (Å²) in [5.74, 6) is -0.323. The van der Waals surface area contributed by atoms with Gasteiger partial charge in [0, 0.05) is 12.1 Å². The number of carbonyl (C=O) groups is 1. The molecule has 0 aromatic heterocycles. The Balaban J connectivity index is 1.80. The van der Waals surface area contributed by atoms with Crippen LogP contribution in [0.5, 0.6) is 0 Å². The Morgan fingerprint density at radius 3 is 2.59 bits per heavy atom. The maximum absolute atomic E-state index is 12.9. The van der Waals surface area contributed by atoms with Crippen LogP contribution in [-0.4, -0.2) is 20.9 Å². The fourth-order valence-electron chi connectivity index (χ4n) is 3.34. The van der Waals surface area contributed by atoms with E-state index < -0.39 is 10.0 Å². The summed E-state index contributed by atoms with van der Waals surface area (Å²) in [6, 6.07) is 9.72. The van der Waals surface area contributed by atoms with Crippen molar-refractivity contribution in [3.8, 4) is 0 Å². The third-order valence-electron chi connectivity index (χ3n) is 4.97. The molecule has 154 valence electrons.